The highest BCUT2D eigenvalue weighted by atomic mass is 35.5. The maximum Gasteiger partial charge on any atom is 0.223 e. The van der Waals surface area contributed by atoms with E-state index in [1.807, 2.05) is 4.90 Å². The topological polar surface area (TPSA) is 29.5 Å². The molecular formula is C10H16ClNO2. The minimum absolute atomic E-state index is 0.199. The molecule has 0 aromatic heterocycles. The molecule has 2 saturated heterocycles. The summed E-state index contributed by atoms with van der Waals surface area (Å²) in [5.74, 6) is 1.89. The van der Waals surface area contributed by atoms with Crippen LogP contribution in [0.5, 0.6) is 0 Å². The van der Waals surface area contributed by atoms with E-state index in [1.54, 1.807) is 0 Å². The van der Waals surface area contributed by atoms with Crippen molar-refractivity contribution in [2.24, 2.45) is 11.8 Å². The van der Waals surface area contributed by atoms with Gasteiger partial charge in [0.15, 0.2) is 0 Å². The highest BCUT2D eigenvalue weighted by Crippen LogP contribution is 2.29. The van der Waals surface area contributed by atoms with E-state index in [0.29, 0.717) is 24.1 Å². The quantitative estimate of drug-likeness (QED) is 0.649. The summed E-state index contributed by atoms with van der Waals surface area (Å²) in [5, 5.41) is 0. The third-order valence-corrected chi connectivity index (χ3v) is 3.41. The first-order chi connectivity index (χ1) is 6.81. The highest BCUT2D eigenvalue weighted by Gasteiger charge is 2.34. The Balaban J connectivity index is 1.87. The van der Waals surface area contributed by atoms with Crippen molar-refractivity contribution >= 4 is 17.5 Å². The van der Waals surface area contributed by atoms with Crippen LogP contribution in [0, 0.1) is 11.8 Å². The van der Waals surface area contributed by atoms with Crippen LogP contribution in [0.4, 0.5) is 0 Å². The molecule has 2 fully saturated rings. The number of likely N-dealkylation sites (tertiary alicyclic amines) is 1. The Bertz CT molecular complexity index is 222. The summed E-state index contributed by atoms with van der Waals surface area (Å²) in [6.45, 7) is 3.48. The number of hydrogen-bond donors (Lipinski definition) is 0. The van der Waals surface area contributed by atoms with Crippen molar-refractivity contribution in [2.45, 2.75) is 12.8 Å². The highest BCUT2D eigenvalue weighted by molar-refractivity contribution is 6.18. The predicted octanol–water partition coefficient (Wildman–Crippen LogP) is 1.11. The Morgan fingerprint density at radius 2 is 2.21 bits per heavy atom. The first kappa shape index (κ1) is 10.2. The lowest BCUT2D eigenvalue weighted by atomic mass is 9.88. The van der Waals surface area contributed by atoms with Crippen LogP contribution in [-0.4, -0.2) is 43.0 Å². The van der Waals surface area contributed by atoms with Gasteiger partial charge in [-0.15, -0.1) is 11.6 Å². The lowest BCUT2D eigenvalue weighted by molar-refractivity contribution is -0.132. The summed E-state index contributed by atoms with van der Waals surface area (Å²) in [6.07, 6.45) is 1.57. The second kappa shape index (κ2) is 4.49. The van der Waals surface area contributed by atoms with Gasteiger partial charge in [-0.1, -0.05) is 0 Å². The molecule has 0 aromatic rings. The predicted molar refractivity (Wildman–Crippen MR) is 54.3 cm³/mol. The number of carbonyl (C=O) groups excluding carboxylic acids is 1. The molecule has 2 aliphatic rings. The van der Waals surface area contributed by atoms with E-state index >= 15 is 0 Å². The van der Waals surface area contributed by atoms with Gasteiger partial charge in [0.1, 0.15) is 0 Å². The fourth-order valence-corrected chi connectivity index (χ4v) is 2.49. The van der Waals surface area contributed by atoms with Gasteiger partial charge in [0.05, 0.1) is 6.61 Å². The average molecular weight is 218 g/mol. The number of carbonyl (C=O) groups is 1. The lowest BCUT2D eigenvalue weighted by Gasteiger charge is -2.33. The van der Waals surface area contributed by atoms with Crippen molar-refractivity contribution in [3.63, 3.8) is 0 Å². The van der Waals surface area contributed by atoms with Crippen LogP contribution in [0.2, 0.25) is 0 Å². The molecule has 0 unspecified atom stereocenters. The number of alkyl halides is 1. The van der Waals surface area contributed by atoms with Crippen LogP contribution in [0.25, 0.3) is 0 Å². The van der Waals surface area contributed by atoms with Crippen LogP contribution in [0.3, 0.4) is 0 Å². The third kappa shape index (κ3) is 2.04. The summed E-state index contributed by atoms with van der Waals surface area (Å²) in [4.78, 5) is 13.5. The van der Waals surface area contributed by atoms with Crippen molar-refractivity contribution < 1.29 is 9.53 Å². The monoisotopic (exact) mass is 217 g/mol. The van der Waals surface area contributed by atoms with Gasteiger partial charge in [0.2, 0.25) is 5.91 Å². The van der Waals surface area contributed by atoms with Crippen LogP contribution in [-0.2, 0) is 9.53 Å². The van der Waals surface area contributed by atoms with Gasteiger partial charge >= 0.3 is 0 Å². The summed E-state index contributed by atoms with van der Waals surface area (Å²) in [5.41, 5.74) is 0. The normalized spacial score (nSPS) is 31.6. The molecule has 2 rings (SSSR count). The van der Waals surface area contributed by atoms with Crippen LogP contribution in [0.15, 0.2) is 0 Å². The molecule has 0 N–H and O–H groups in total. The first-order valence-corrected chi connectivity index (χ1v) is 5.76. The zero-order valence-corrected chi connectivity index (χ0v) is 9.00. The SMILES string of the molecule is O=C(CCCl)N1CC[C@H]2COC[C@@H]2C1. The standard InChI is InChI=1S/C10H16ClNO2/c11-3-1-10(13)12-4-2-8-6-14-7-9(8)5-12/h8-9H,1-7H2/t8-,9-/m0/s1. The summed E-state index contributed by atoms with van der Waals surface area (Å²) in [7, 11) is 0. The molecule has 1 amide bonds. The largest absolute Gasteiger partial charge is 0.381 e. The number of amides is 1. The van der Waals surface area contributed by atoms with E-state index in [9.17, 15) is 4.79 Å². The fourth-order valence-electron chi connectivity index (χ4n) is 2.33. The van der Waals surface area contributed by atoms with Crippen LogP contribution >= 0.6 is 11.6 Å². The number of piperidine rings is 1. The molecule has 3 nitrogen and oxygen atoms in total. The molecule has 2 heterocycles. The number of rotatable bonds is 2. The number of ether oxygens (including phenoxy) is 1. The lowest BCUT2D eigenvalue weighted by Crippen LogP contribution is -2.43. The van der Waals surface area contributed by atoms with E-state index in [2.05, 4.69) is 0 Å². The van der Waals surface area contributed by atoms with Crippen molar-refractivity contribution in [3.8, 4) is 0 Å². The van der Waals surface area contributed by atoms with Crippen LogP contribution < -0.4 is 0 Å². The number of halogens is 1. The molecular weight excluding hydrogens is 202 g/mol. The second-order valence-corrected chi connectivity index (χ2v) is 4.50. The Morgan fingerprint density at radius 3 is 3.00 bits per heavy atom. The summed E-state index contributed by atoms with van der Waals surface area (Å²) < 4.78 is 5.42. The Hall–Kier alpha value is -0.280. The molecule has 14 heavy (non-hydrogen) atoms. The molecule has 0 saturated carbocycles. The van der Waals surface area contributed by atoms with Crippen molar-refractivity contribution in [1.29, 1.82) is 0 Å². The molecule has 2 aliphatic heterocycles. The van der Waals surface area contributed by atoms with E-state index in [-0.39, 0.29) is 5.91 Å². The van der Waals surface area contributed by atoms with Crippen LogP contribution in [0.1, 0.15) is 12.8 Å². The van der Waals surface area contributed by atoms with E-state index in [0.717, 1.165) is 32.7 Å². The average Bonchev–Trinajstić information content (AvgIpc) is 2.64. The van der Waals surface area contributed by atoms with Gasteiger partial charge < -0.3 is 9.64 Å². The van der Waals surface area contributed by atoms with Crippen molar-refractivity contribution in [3.05, 3.63) is 0 Å². The van der Waals surface area contributed by atoms with E-state index in [4.69, 9.17) is 16.3 Å². The zero-order chi connectivity index (χ0) is 9.97. The maximum atomic E-state index is 11.6. The third-order valence-electron chi connectivity index (χ3n) is 3.22. The maximum absolute atomic E-state index is 11.6. The molecule has 0 spiro atoms. The number of fused-ring (bicyclic) bond motifs is 1. The Labute approximate surface area is 89.4 Å². The van der Waals surface area contributed by atoms with Gasteiger partial charge in [-0.05, 0) is 12.3 Å². The number of hydrogen-bond acceptors (Lipinski definition) is 2. The summed E-state index contributed by atoms with van der Waals surface area (Å²) >= 11 is 5.55. The molecule has 0 aromatic carbocycles. The molecule has 80 valence electrons. The van der Waals surface area contributed by atoms with Gasteiger partial charge in [-0.2, -0.15) is 0 Å². The minimum Gasteiger partial charge on any atom is -0.381 e. The van der Waals surface area contributed by atoms with Gasteiger partial charge in [-0.25, -0.2) is 0 Å². The molecule has 2 atom stereocenters. The Morgan fingerprint density at radius 1 is 1.43 bits per heavy atom. The van der Waals surface area contributed by atoms with Gasteiger partial charge in [0, 0.05) is 37.9 Å². The second-order valence-electron chi connectivity index (χ2n) is 4.13. The van der Waals surface area contributed by atoms with E-state index in [1.165, 1.54) is 0 Å². The fraction of sp³-hybridized carbons (Fsp3) is 0.900. The summed E-state index contributed by atoms with van der Waals surface area (Å²) in [6, 6.07) is 0. The van der Waals surface area contributed by atoms with E-state index < -0.39 is 0 Å². The smallest absolute Gasteiger partial charge is 0.223 e. The van der Waals surface area contributed by atoms with Gasteiger partial charge in [0.25, 0.3) is 0 Å². The molecule has 0 radical (unpaired) electrons. The molecule has 4 heteroatoms. The first-order valence-electron chi connectivity index (χ1n) is 5.22. The molecule has 0 aliphatic carbocycles. The van der Waals surface area contributed by atoms with Crippen molar-refractivity contribution in [2.75, 3.05) is 32.2 Å². The van der Waals surface area contributed by atoms with Crippen molar-refractivity contribution in [1.82, 2.24) is 4.90 Å². The number of nitrogens with zero attached hydrogens (tertiary/aromatic N) is 1. The zero-order valence-electron chi connectivity index (χ0n) is 8.25. The van der Waals surface area contributed by atoms with Gasteiger partial charge in [-0.3, -0.25) is 4.79 Å². The Kier molecular flexibility index (Phi) is 3.29. The minimum atomic E-state index is 0.199. The molecule has 0 bridgehead atoms.